The summed E-state index contributed by atoms with van der Waals surface area (Å²) in [4.78, 5) is 1.05. The summed E-state index contributed by atoms with van der Waals surface area (Å²) in [6.07, 6.45) is 0. The van der Waals surface area contributed by atoms with E-state index in [0.29, 0.717) is 16.7 Å². The molecule has 120 valence electrons. The number of sulfonamides is 1. The zero-order valence-electron chi connectivity index (χ0n) is 13.5. The lowest BCUT2D eigenvalue weighted by Gasteiger charge is -2.06. The Hall–Kier alpha value is -0.430. The Morgan fingerprint density at radius 2 is 1.81 bits per heavy atom. The van der Waals surface area contributed by atoms with Gasteiger partial charge in [0.05, 0.1) is 0 Å². The number of nitrogens with one attached hydrogen (secondary N) is 2. The van der Waals surface area contributed by atoms with Crippen LogP contribution in [0.25, 0.3) is 0 Å². The van der Waals surface area contributed by atoms with Gasteiger partial charge >= 0.3 is 0 Å². The van der Waals surface area contributed by atoms with E-state index in [1.54, 1.807) is 6.07 Å². The van der Waals surface area contributed by atoms with E-state index >= 15 is 0 Å². The molecule has 2 rings (SSSR count). The van der Waals surface area contributed by atoms with Gasteiger partial charge in [-0.2, -0.15) is 0 Å². The zero-order valence-corrected chi connectivity index (χ0v) is 15.1. The van der Waals surface area contributed by atoms with Gasteiger partial charge in [-0.3, -0.25) is 0 Å². The SMILES string of the molecule is CCNCc1ccc(S(=O)(=O)NCC2C(C)(C)C2(C)C)s1. The Morgan fingerprint density at radius 3 is 2.33 bits per heavy atom. The second-order valence-corrected chi connectivity index (χ2v) is 10.0. The van der Waals surface area contributed by atoms with E-state index in [2.05, 4.69) is 37.7 Å². The normalized spacial score (nSPS) is 20.6. The fourth-order valence-electron chi connectivity index (χ4n) is 2.95. The molecule has 0 aliphatic heterocycles. The van der Waals surface area contributed by atoms with Crippen LogP contribution in [0.15, 0.2) is 16.3 Å². The molecule has 21 heavy (non-hydrogen) atoms. The predicted octanol–water partition coefficient (Wildman–Crippen LogP) is 2.82. The Morgan fingerprint density at radius 1 is 1.19 bits per heavy atom. The first-order valence-electron chi connectivity index (χ1n) is 7.42. The van der Waals surface area contributed by atoms with Gasteiger partial charge in [0.15, 0.2) is 0 Å². The molecule has 1 aromatic rings. The van der Waals surface area contributed by atoms with E-state index in [0.717, 1.165) is 18.0 Å². The summed E-state index contributed by atoms with van der Waals surface area (Å²) >= 11 is 1.34. The van der Waals surface area contributed by atoms with Crippen LogP contribution in [0.2, 0.25) is 0 Å². The summed E-state index contributed by atoms with van der Waals surface area (Å²) < 4.78 is 27.9. The standard InChI is InChI=1S/C15H26N2O2S2/c1-6-16-9-11-7-8-13(20-11)21(18,19)17-10-12-14(2,3)15(12,4)5/h7-8,12,16-17H,6,9-10H2,1-5H3. The van der Waals surface area contributed by atoms with Crippen LogP contribution in [0.3, 0.4) is 0 Å². The third-order valence-electron chi connectivity index (χ3n) is 5.25. The van der Waals surface area contributed by atoms with Crippen molar-refractivity contribution in [3.63, 3.8) is 0 Å². The first kappa shape index (κ1) is 16.9. The minimum absolute atomic E-state index is 0.196. The lowest BCUT2D eigenvalue weighted by Crippen LogP contribution is -2.26. The number of rotatable bonds is 7. The van der Waals surface area contributed by atoms with Gasteiger partial charge in [0.25, 0.3) is 0 Å². The van der Waals surface area contributed by atoms with Crippen molar-refractivity contribution < 1.29 is 8.42 Å². The fourth-order valence-corrected chi connectivity index (χ4v) is 5.37. The highest BCUT2D eigenvalue weighted by Gasteiger charge is 2.64. The first-order valence-corrected chi connectivity index (χ1v) is 9.72. The molecule has 1 fully saturated rings. The van der Waals surface area contributed by atoms with Crippen LogP contribution in [-0.2, 0) is 16.6 Å². The third-order valence-corrected chi connectivity index (χ3v) is 8.25. The van der Waals surface area contributed by atoms with Gasteiger partial charge < -0.3 is 5.32 Å². The maximum atomic E-state index is 12.4. The highest BCUT2D eigenvalue weighted by atomic mass is 32.2. The highest BCUT2D eigenvalue weighted by Crippen LogP contribution is 2.67. The van der Waals surface area contributed by atoms with Crippen molar-refractivity contribution in [3.05, 3.63) is 17.0 Å². The van der Waals surface area contributed by atoms with Crippen LogP contribution in [0, 0.1) is 16.7 Å². The van der Waals surface area contributed by atoms with Crippen LogP contribution in [-0.4, -0.2) is 21.5 Å². The molecule has 6 heteroatoms. The molecule has 0 aromatic carbocycles. The topological polar surface area (TPSA) is 58.2 Å². The zero-order chi connectivity index (χ0) is 15.9. The van der Waals surface area contributed by atoms with E-state index in [9.17, 15) is 8.42 Å². The van der Waals surface area contributed by atoms with Gasteiger partial charge in [-0.25, -0.2) is 13.1 Å². The maximum Gasteiger partial charge on any atom is 0.250 e. The molecule has 0 radical (unpaired) electrons. The largest absolute Gasteiger partial charge is 0.312 e. The lowest BCUT2D eigenvalue weighted by atomic mass is 10.0. The Kier molecular flexibility index (Phi) is 4.55. The Bertz CT molecular complexity index is 589. The van der Waals surface area contributed by atoms with Crippen molar-refractivity contribution in [2.75, 3.05) is 13.1 Å². The molecule has 0 atom stereocenters. The summed E-state index contributed by atoms with van der Waals surface area (Å²) in [6, 6.07) is 3.58. The van der Waals surface area contributed by atoms with Crippen LogP contribution in [0.4, 0.5) is 0 Å². The predicted molar refractivity (Wildman–Crippen MR) is 87.9 cm³/mol. The summed E-state index contributed by atoms with van der Waals surface area (Å²) in [5, 5.41) is 3.21. The monoisotopic (exact) mass is 330 g/mol. The Balaban J connectivity index is 1.98. The van der Waals surface area contributed by atoms with Gasteiger partial charge in [0, 0.05) is 18.0 Å². The van der Waals surface area contributed by atoms with Crippen LogP contribution in [0.1, 0.15) is 39.5 Å². The summed E-state index contributed by atoms with van der Waals surface area (Å²) in [5.41, 5.74) is 0.391. The molecule has 0 unspecified atom stereocenters. The molecule has 2 N–H and O–H groups in total. The molecule has 1 aromatic heterocycles. The highest BCUT2D eigenvalue weighted by molar-refractivity contribution is 7.91. The fraction of sp³-hybridized carbons (Fsp3) is 0.733. The van der Waals surface area contributed by atoms with E-state index in [1.807, 2.05) is 13.0 Å². The van der Waals surface area contributed by atoms with Crippen LogP contribution in [0.5, 0.6) is 0 Å². The molecular weight excluding hydrogens is 304 g/mol. The minimum atomic E-state index is -3.38. The molecule has 1 saturated carbocycles. The number of hydrogen-bond donors (Lipinski definition) is 2. The van der Waals surface area contributed by atoms with Gasteiger partial charge in [-0.05, 0) is 35.4 Å². The van der Waals surface area contributed by atoms with E-state index < -0.39 is 10.0 Å². The lowest BCUT2D eigenvalue weighted by molar-refractivity contribution is 0.457. The molecule has 1 aliphatic carbocycles. The number of hydrogen-bond acceptors (Lipinski definition) is 4. The smallest absolute Gasteiger partial charge is 0.250 e. The van der Waals surface area contributed by atoms with Gasteiger partial charge in [-0.15, -0.1) is 11.3 Å². The molecule has 0 bridgehead atoms. The molecular formula is C15H26N2O2S2. The molecule has 0 spiro atoms. The van der Waals surface area contributed by atoms with Crippen molar-refractivity contribution in [3.8, 4) is 0 Å². The van der Waals surface area contributed by atoms with E-state index in [-0.39, 0.29) is 10.8 Å². The average molecular weight is 331 g/mol. The third kappa shape index (κ3) is 3.18. The summed E-state index contributed by atoms with van der Waals surface area (Å²) in [6.45, 7) is 13.0. The van der Waals surface area contributed by atoms with Gasteiger partial charge in [0.2, 0.25) is 10.0 Å². The van der Waals surface area contributed by atoms with Crippen LogP contribution >= 0.6 is 11.3 Å². The van der Waals surface area contributed by atoms with Crippen molar-refractivity contribution in [2.45, 2.75) is 45.4 Å². The number of thiophene rings is 1. The van der Waals surface area contributed by atoms with E-state index in [4.69, 9.17) is 0 Å². The van der Waals surface area contributed by atoms with Gasteiger partial charge in [0.1, 0.15) is 4.21 Å². The van der Waals surface area contributed by atoms with Crippen molar-refractivity contribution in [1.82, 2.24) is 10.0 Å². The quantitative estimate of drug-likeness (QED) is 0.808. The first-order chi connectivity index (χ1) is 9.63. The van der Waals surface area contributed by atoms with Crippen LogP contribution < -0.4 is 10.0 Å². The molecule has 1 aliphatic rings. The van der Waals surface area contributed by atoms with E-state index in [1.165, 1.54) is 11.3 Å². The van der Waals surface area contributed by atoms with Crippen molar-refractivity contribution in [1.29, 1.82) is 0 Å². The second kappa shape index (κ2) is 5.65. The summed E-state index contributed by atoms with van der Waals surface area (Å²) in [7, 11) is -3.38. The minimum Gasteiger partial charge on any atom is -0.312 e. The summed E-state index contributed by atoms with van der Waals surface area (Å²) in [5.74, 6) is 0.390. The second-order valence-electron chi connectivity index (χ2n) is 6.85. The maximum absolute atomic E-state index is 12.4. The molecule has 1 heterocycles. The molecule has 4 nitrogen and oxygen atoms in total. The van der Waals surface area contributed by atoms with Gasteiger partial charge in [-0.1, -0.05) is 34.6 Å². The van der Waals surface area contributed by atoms with Crippen molar-refractivity contribution in [2.24, 2.45) is 16.7 Å². The molecule has 0 amide bonds. The average Bonchev–Trinajstić information content (AvgIpc) is 2.76. The Labute approximate surface area is 132 Å². The molecule has 0 saturated heterocycles. The van der Waals surface area contributed by atoms with Crippen molar-refractivity contribution >= 4 is 21.4 Å².